The molecule has 3 heterocycles. The van der Waals surface area contributed by atoms with Crippen LogP contribution in [0, 0.1) is 0 Å². The van der Waals surface area contributed by atoms with Crippen LogP contribution in [-0.2, 0) is 6.61 Å². The van der Waals surface area contributed by atoms with Gasteiger partial charge in [0.25, 0.3) is 5.91 Å². The molecule has 32 heavy (non-hydrogen) atoms. The van der Waals surface area contributed by atoms with Gasteiger partial charge in [-0.3, -0.25) is 4.79 Å². The van der Waals surface area contributed by atoms with E-state index in [1.54, 1.807) is 34.4 Å². The number of carboxylic acid groups (broad SMARTS) is 1. The van der Waals surface area contributed by atoms with Crippen molar-refractivity contribution in [2.24, 2.45) is 0 Å². The van der Waals surface area contributed by atoms with Crippen molar-refractivity contribution in [3.8, 4) is 5.75 Å². The van der Waals surface area contributed by atoms with E-state index in [0.29, 0.717) is 41.9 Å². The molecule has 1 fully saturated rings. The van der Waals surface area contributed by atoms with Gasteiger partial charge in [-0.05, 0) is 55.7 Å². The zero-order valence-electron chi connectivity index (χ0n) is 17.3. The third-order valence-electron chi connectivity index (χ3n) is 5.57. The van der Waals surface area contributed by atoms with Crippen molar-refractivity contribution in [1.82, 2.24) is 14.9 Å². The Morgan fingerprint density at radius 3 is 2.59 bits per heavy atom. The quantitative estimate of drug-likeness (QED) is 0.475. The second kappa shape index (κ2) is 8.55. The number of amides is 1. The Hall–Kier alpha value is -3.52. The first-order valence-electron chi connectivity index (χ1n) is 10.5. The zero-order valence-corrected chi connectivity index (χ0v) is 18.1. The van der Waals surface area contributed by atoms with Gasteiger partial charge < -0.3 is 14.7 Å². The third kappa shape index (κ3) is 4.01. The van der Waals surface area contributed by atoms with Crippen LogP contribution in [0.2, 0.25) is 0 Å². The lowest BCUT2D eigenvalue weighted by molar-refractivity contribution is 0.0691. The number of benzene rings is 2. The van der Waals surface area contributed by atoms with Gasteiger partial charge in [-0.1, -0.05) is 12.1 Å². The molecule has 1 aliphatic heterocycles. The van der Waals surface area contributed by atoms with Crippen LogP contribution in [-0.4, -0.2) is 44.9 Å². The van der Waals surface area contributed by atoms with E-state index in [4.69, 9.17) is 4.74 Å². The minimum Gasteiger partial charge on any atom is -0.486 e. The molecule has 1 N–H and O–H groups in total. The minimum absolute atomic E-state index is 0.138. The van der Waals surface area contributed by atoms with Gasteiger partial charge in [0.15, 0.2) is 0 Å². The number of carbonyl (C=O) groups is 2. The molecule has 0 radical (unpaired) electrons. The second-order valence-electron chi connectivity index (χ2n) is 7.76. The first kappa shape index (κ1) is 20.4. The van der Waals surface area contributed by atoms with Gasteiger partial charge in [0.2, 0.25) is 0 Å². The van der Waals surface area contributed by atoms with E-state index in [2.05, 4.69) is 9.97 Å². The maximum absolute atomic E-state index is 13.2. The van der Waals surface area contributed by atoms with Crippen molar-refractivity contribution in [3.05, 3.63) is 64.8 Å². The number of carbonyl (C=O) groups excluding carboxylic acids is 1. The van der Waals surface area contributed by atoms with Crippen LogP contribution in [0.4, 0.5) is 0 Å². The summed E-state index contributed by atoms with van der Waals surface area (Å²) in [5.74, 6) is -0.743. The number of aromatic carboxylic acids is 1. The Kier molecular flexibility index (Phi) is 5.45. The lowest BCUT2D eigenvalue weighted by Crippen LogP contribution is -2.35. The van der Waals surface area contributed by atoms with E-state index in [1.807, 2.05) is 24.3 Å². The molecular weight excluding hydrogens is 426 g/mol. The van der Waals surface area contributed by atoms with Crippen LogP contribution in [0.3, 0.4) is 0 Å². The number of carboxylic acids is 1. The molecule has 162 valence electrons. The molecule has 5 rings (SSSR count). The predicted molar refractivity (Wildman–Crippen MR) is 122 cm³/mol. The SMILES string of the molecule is O=C(O)c1cc(C(=O)N2CCCCC2)c2cc(OCc3nc4ccccc4s3)ccc2n1. The second-order valence-corrected chi connectivity index (χ2v) is 8.87. The number of fused-ring (bicyclic) bond motifs is 2. The average molecular weight is 448 g/mol. The third-order valence-corrected chi connectivity index (χ3v) is 6.58. The van der Waals surface area contributed by atoms with Gasteiger partial charge >= 0.3 is 5.97 Å². The molecular formula is C24H21N3O4S. The number of aromatic nitrogens is 2. The Labute approximate surface area is 188 Å². The average Bonchev–Trinajstić information content (AvgIpc) is 3.25. The number of hydrogen-bond acceptors (Lipinski definition) is 6. The van der Waals surface area contributed by atoms with Crippen LogP contribution in [0.25, 0.3) is 21.1 Å². The fourth-order valence-electron chi connectivity index (χ4n) is 3.98. The molecule has 0 atom stereocenters. The monoisotopic (exact) mass is 447 g/mol. The van der Waals surface area contributed by atoms with Gasteiger partial charge in [0, 0.05) is 18.5 Å². The van der Waals surface area contributed by atoms with Crippen molar-refractivity contribution < 1.29 is 19.4 Å². The van der Waals surface area contributed by atoms with Crippen LogP contribution in [0.5, 0.6) is 5.75 Å². The Morgan fingerprint density at radius 2 is 1.81 bits per heavy atom. The number of para-hydroxylation sites is 1. The van der Waals surface area contributed by atoms with Gasteiger partial charge in [0.05, 0.1) is 21.3 Å². The Balaban J connectivity index is 1.47. The van der Waals surface area contributed by atoms with Crippen molar-refractivity contribution in [2.75, 3.05) is 13.1 Å². The molecule has 1 amide bonds. The number of nitrogens with zero attached hydrogens (tertiary/aromatic N) is 3. The molecule has 0 saturated carbocycles. The summed E-state index contributed by atoms with van der Waals surface area (Å²) in [5.41, 5.74) is 1.60. The highest BCUT2D eigenvalue weighted by atomic mass is 32.1. The topological polar surface area (TPSA) is 92.6 Å². The largest absolute Gasteiger partial charge is 0.486 e. The molecule has 4 aromatic rings. The number of rotatable bonds is 5. The van der Waals surface area contributed by atoms with Crippen LogP contribution in [0.15, 0.2) is 48.5 Å². The number of likely N-dealkylation sites (tertiary alicyclic amines) is 1. The van der Waals surface area contributed by atoms with E-state index in [-0.39, 0.29) is 11.6 Å². The highest BCUT2D eigenvalue weighted by molar-refractivity contribution is 7.18. The van der Waals surface area contributed by atoms with E-state index in [0.717, 1.165) is 34.5 Å². The van der Waals surface area contributed by atoms with Crippen molar-refractivity contribution in [3.63, 3.8) is 0 Å². The zero-order chi connectivity index (χ0) is 22.1. The number of ether oxygens (including phenoxy) is 1. The standard InChI is InChI=1S/C24H21N3O4S/c28-23(27-10-4-1-5-11-27)17-13-20(24(29)30)25-18-9-8-15(12-16(17)18)31-14-22-26-19-6-2-3-7-21(19)32-22/h2-3,6-9,12-13H,1,4-5,10-11,14H2,(H,29,30). The summed E-state index contributed by atoms with van der Waals surface area (Å²) in [6.45, 7) is 1.67. The van der Waals surface area contributed by atoms with Gasteiger partial charge in [-0.2, -0.15) is 0 Å². The number of hydrogen-bond donors (Lipinski definition) is 1. The highest BCUT2D eigenvalue weighted by Gasteiger charge is 2.23. The van der Waals surface area contributed by atoms with E-state index in [1.165, 1.54) is 6.07 Å². The fraction of sp³-hybridized carbons (Fsp3) is 0.250. The number of piperidine rings is 1. The highest BCUT2D eigenvalue weighted by Crippen LogP contribution is 2.28. The minimum atomic E-state index is -1.16. The normalized spacial score (nSPS) is 14.1. The molecule has 7 nitrogen and oxygen atoms in total. The van der Waals surface area contributed by atoms with Gasteiger partial charge in [0.1, 0.15) is 23.1 Å². The fourth-order valence-corrected chi connectivity index (χ4v) is 4.86. The first-order chi connectivity index (χ1) is 15.6. The molecule has 8 heteroatoms. The molecule has 1 saturated heterocycles. The summed E-state index contributed by atoms with van der Waals surface area (Å²) < 4.78 is 7.07. The van der Waals surface area contributed by atoms with Crippen molar-refractivity contribution in [2.45, 2.75) is 25.9 Å². The molecule has 1 aliphatic rings. The van der Waals surface area contributed by atoms with Crippen LogP contribution in [0.1, 0.15) is 45.1 Å². The molecule has 2 aromatic heterocycles. The lowest BCUT2D eigenvalue weighted by atomic mass is 10.0. The lowest BCUT2D eigenvalue weighted by Gasteiger charge is -2.27. The number of thiazole rings is 1. The summed E-state index contributed by atoms with van der Waals surface area (Å²) >= 11 is 1.58. The first-order valence-corrected chi connectivity index (χ1v) is 11.3. The summed E-state index contributed by atoms with van der Waals surface area (Å²) in [4.78, 5) is 35.4. The summed E-state index contributed by atoms with van der Waals surface area (Å²) in [5, 5.41) is 10.9. The molecule has 0 spiro atoms. The maximum atomic E-state index is 13.2. The molecule has 0 aliphatic carbocycles. The maximum Gasteiger partial charge on any atom is 0.354 e. The molecule has 0 unspecified atom stereocenters. The van der Waals surface area contributed by atoms with E-state index >= 15 is 0 Å². The summed E-state index contributed by atoms with van der Waals surface area (Å²) in [6.07, 6.45) is 3.01. The van der Waals surface area contributed by atoms with E-state index in [9.17, 15) is 14.7 Å². The van der Waals surface area contributed by atoms with Gasteiger partial charge in [-0.25, -0.2) is 14.8 Å². The van der Waals surface area contributed by atoms with Crippen LogP contribution >= 0.6 is 11.3 Å². The smallest absolute Gasteiger partial charge is 0.354 e. The Bertz CT molecular complexity index is 1290. The van der Waals surface area contributed by atoms with Gasteiger partial charge in [-0.15, -0.1) is 11.3 Å². The number of pyridine rings is 1. The van der Waals surface area contributed by atoms with Crippen molar-refractivity contribution in [1.29, 1.82) is 0 Å². The summed E-state index contributed by atoms with van der Waals surface area (Å²) in [7, 11) is 0. The molecule has 0 bridgehead atoms. The summed E-state index contributed by atoms with van der Waals surface area (Å²) in [6, 6.07) is 14.5. The molecule has 2 aromatic carbocycles. The Morgan fingerprint density at radius 1 is 1.00 bits per heavy atom. The van der Waals surface area contributed by atoms with E-state index < -0.39 is 5.97 Å². The van der Waals surface area contributed by atoms with Crippen molar-refractivity contribution >= 4 is 44.3 Å². The predicted octanol–water partition coefficient (Wildman–Crippen LogP) is 4.75. The van der Waals surface area contributed by atoms with Crippen LogP contribution < -0.4 is 4.74 Å².